The van der Waals surface area contributed by atoms with Crippen LogP contribution in [-0.4, -0.2) is 17.9 Å². The van der Waals surface area contributed by atoms with Gasteiger partial charge >= 0.3 is 0 Å². The van der Waals surface area contributed by atoms with Gasteiger partial charge in [-0.2, -0.15) is 0 Å². The molecule has 5 fully saturated rings. The van der Waals surface area contributed by atoms with E-state index in [1.54, 1.807) is 5.57 Å². The highest BCUT2D eigenvalue weighted by molar-refractivity contribution is 5.93. The summed E-state index contributed by atoms with van der Waals surface area (Å²) in [5.41, 5.74) is 3.31. The molecule has 1 saturated heterocycles. The lowest BCUT2D eigenvalue weighted by atomic mass is 9.46. The number of nitrogens with one attached hydrogen (secondary N) is 1. The maximum atomic E-state index is 8.14. The number of hydrogen-bond donors (Lipinski definition) is 1. The highest BCUT2D eigenvalue weighted by Crippen LogP contribution is 2.79. The molecule has 1 spiro atoms. The Hall–Kier alpha value is -0.630. The minimum Gasteiger partial charge on any atom is -0.374 e. The van der Waals surface area contributed by atoms with Crippen molar-refractivity contribution in [3.63, 3.8) is 0 Å². The number of ether oxygens (including phenoxy) is 1. The van der Waals surface area contributed by atoms with E-state index in [2.05, 4.69) is 19.9 Å². The normalized spacial score (nSPS) is 57.2. The van der Waals surface area contributed by atoms with Gasteiger partial charge in [0.25, 0.3) is 0 Å². The fourth-order valence-electron chi connectivity index (χ4n) is 9.53. The highest BCUT2D eigenvalue weighted by Gasteiger charge is 2.78. The van der Waals surface area contributed by atoms with Crippen molar-refractivity contribution in [2.45, 2.75) is 77.2 Å². The topological polar surface area (TPSA) is 33.1 Å². The van der Waals surface area contributed by atoms with E-state index in [9.17, 15) is 0 Å². The van der Waals surface area contributed by atoms with E-state index in [4.69, 9.17) is 10.1 Å². The van der Waals surface area contributed by atoms with Crippen molar-refractivity contribution < 1.29 is 4.74 Å². The van der Waals surface area contributed by atoms with Gasteiger partial charge in [-0.25, -0.2) is 0 Å². The summed E-state index contributed by atoms with van der Waals surface area (Å²) in [4.78, 5) is 0. The molecule has 2 nitrogen and oxygen atoms in total. The molecule has 26 heavy (non-hydrogen) atoms. The molecule has 142 valence electrons. The fraction of sp³-hybridized carbons (Fsp3) is 0.875. The van der Waals surface area contributed by atoms with Crippen LogP contribution in [0.2, 0.25) is 0 Å². The van der Waals surface area contributed by atoms with Gasteiger partial charge in [0.1, 0.15) is 0 Å². The first-order valence-electron chi connectivity index (χ1n) is 11.5. The van der Waals surface area contributed by atoms with Crippen molar-refractivity contribution >= 4 is 5.71 Å². The molecule has 0 radical (unpaired) electrons. The number of hydrogen-bond acceptors (Lipinski definition) is 2. The summed E-state index contributed by atoms with van der Waals surface area (Å²) in [6.07, 6.45) is 14.2. The third-order valence-corrected chi connectivity index (χ3v) is 10.2. The molecule has 0 aromatic carbocycles. The Balaban J connectivity index is 1.42. The second-order valence-corrected chi connectivity index (χ2v) is 10.7. The second kappa shape index (κ2) is 5.25. The quantitative estimate of drug-likeness (QED) is 0.652. The lowest BCUT2D eigenvalue weighted by molar-refractivity contribution is -0.165. The van der Waals surface area contributed by atoms with Crippen molar-refractivity contribution in [3.05, 3.63) is 11.6 Å². The van der Waals surface area contributed by atoms with Crippen LogP contribution in [0.5, 0.6) is 0 Å². The molecular weight excluding hydrogens is 318 g/mol. The molecule has 2 heteroatoms. The third kappa shape index (κ3) is 1.77. The molecule has 0 bridgehead atoms. The molecule has 6 aliphatic rings. The van der Waals surface area contributed by atoms with E-state index >= 15 is 0 Å². The Bertz CT molecular complexity index is 674. The Morgan fingerprint density at radius 3 is 2.88 bits per heavy atom. The first kappa shape index (κ1) is 16.3. The average Bonchev–Trinajstić information content (AvgIpc) is 3.21. The predicted octanol–water partition coefficient (Wildman–Crippen LogP) is 5.62. The van der Waals surface area contributed by atoms with Crippen molar-refractivity contribution in [2.75, 3.05) is 6.61 Å². The van der Waals surface area contributed by atoms with Crippen molar-refractivity contribution in [2.24, 2.45) is 46.8 Å². The van der Waals surface area contributed by atoms with Gasteiger partial charge in [-0.3, -0.25) is 0 Å². The van der Waals surface area contributed by atoms with Crippen molar-refractivity contribution in [1.82, 2.24) is 0 Å². The molecule has 1 aliphatic heterocycles. The largest absolute Gasteiger partial charge is 0.374 e. The van der Waals surface area contributed by atoms with Crippen LogP contribution < -0.4 is 0 Å². The van der Waals surface area contributed by atoms with Gasteiger partial charge in [0.2, 0.25) is 0 Å². The lowest BCUT2D eigenvalue weighted by Gasteiger charge is -2.60. The molecule has 5 aliphatic carbocycles. The Labute approximate surface area is 158 Å². The molecule has 9 atom stereocenters. The van der Waals surface area contributed by atoms with Gasteiger partial charge in [0.15, 0.2) is 0 Å². The molecule has 1 heterocycles. The molecule has 1 N–H and O–H groups in total. The molecule has 0 aromatic heterocycles. The molecular formula is C24H35NO. The number of fused-ring (bicyclic) bond motifs is 9. The Morgan fingerprint density at radius 1 is 1.23 bits per heavy atom. The van der Waals surface area contributed by atoms with Crippen LogP contribution in [0.4, 0.5) is 0 Å². The van der Waals surface area contributed by atoms with Crippen LogP contribution >= 0.6 is 0 Å². The van der Waals surface area contributed by atoms with Gasteiger partial charge in [-0.1, -0.05) is 19.4 Å². The number of rotatable bonds is 1. The SMILES string of the molecule is CC[C@]12CCC3C(C(C)CC4=CC(=N)CC[C@@H]43)C1C1CC1[C@@]21CCCO1. The summed E-state index contributed by atoms with van der Waals surface area (Å²) in [5, 5.41) is 8.14. The first-order valence-corrected chi connectivity index (χ1v) is 11.5. The van der Waals surface area contributed by atoms with Gasteiger partial charge in [0, 0.05) is 17.7 Å². The van der Waals surface area contributed by atoms with Crippen LogP contribution in [0.15, 0.2) is 11.6 Å². The molecule has 6 rings (SSSR count). The van der Waals surface area contributed by atoms with E-state index in [1.807, 2.05) is 0 Å². The minimum atomic E-state index is 0.270. The zero-order valence-corrected chi connectivity index (χ0v) is 16.6. The van der Waals surface area contributed by atoms with Gasteiger partial charge in [-0.05, 0) is 105 Å². The summed E-state index contributed by atoms with van der Waals surface area (Å²) in [7, 11) is 0. The predicted molar refractivity (Wildman–Crippen MR) is 104 cm³/mol. The monoisotopic (exact) mass is 353 g/mol. The third-order valence-electron chi connectivity index (χ3n) is 10.2. The van der Waals surface area contributed by atoms with E-state index in [0.29, 0.717) is 5.41 Å². The maximum Gasteiger partial charge on any atom is 0.0772 e. The molecule has 0 aromatic rings. The second-order valence-electron chi connectivity index (χ2n) is 10.7. The van der Waals surface area contributed by atoms with Crippen LogP contribution in [0.25, 0.3) is 0 Å². The van der Waals surface area contributed by atoms with E-state index in [1.165, 1.54) is 51.4 Å². The minimum absolute atomic E-state index is 0.270. The van der Waals surface area contributed by atoms with Crippen molar-refractivity contribution in [1.29, 1.82) is 5.41 Å². The van der Waals surface area contributed by atoms with Crippen molar-refractivity contribution in [3.8, 4) is 0 Å². The zero-order chi connectivity index (χ0) is 17.7. The molecule has 6 unspecified atom stereocenters. The smallest absolute Gasteiger partial charge is 0.0772 e. The Kier molecular flexibility index (Phi) is 3.30. The fourth-order valence-corrected chi connectivity index (χ4v) is 9.53. The maximum absolute atomic E-state index is 8.14. The van der Waals surface area contributed by atoms with Gasteiger partial charge in [-0.15, -0.1) is 0 Å². The Morgan fingerprint density at radius 2 is 2.12 bits per heavy atom. The van der Waals surface area contributed by atoms with Crippen LogP contribution in [-0.2, 0) is 4.74 Å². The molecule has 0 amide bonds. The standard InChI is InChI=1S/C24H35NO/c1-3-23-9-7-18-17-6-5-16(25)12-15(17)11-14(2)21(18)22(23)19-13-20(19)24(23)8-4-10-26-24/h12,14,17-22,25H,3-11,13H2,1-2H3/t14?,17-,18?,19?,20?,21?,22?,23-,24-/m0/s1. The molecule has 4 saturated carbocycles. The lowest BCUT2D eigenvalue weighted by Crippen LogP contribution is -2.57. The van der Waals surface area contributed by atoms with Gasteiger partial charge < -0.3 is 10.1 Å². The van der Waals surface area contributed by atoms with E-state index < -0.39 is 0 Å². The summed E-state index contributed by atoms with van der Waals surface area (Å²) in [6, 6.07) is 0. The van der Waals surface area contributed by atoms with Crippen LogP contribution in [0.1, 0.15) is 71.6 Å². The summed E-state index contributed by atoms with van der Waals surface area (Å²) in [5.74, 6) is 6.26. The summed E-state index contributed by atoms with van der Waals surface area (Å²) < 4.78 is 6.72. The first-order chi connectivity index (χ1) is 12.6. The zero-order valence-electron chi connectivity index (χ0n) is 16.6. The van der Waals surface area contributed by atoms with E-state index in [0.717, 1.165) is 60.2 Å². The van der Waals surface area contributed by atoms with Crippen LogP contribution in [0, 0.1) is 52.2 Å². The highest BCUT2D eigenvalue weighted by atomic mass is 16.5. The van der Waals surface area contributed by atoms with E-state index in [-0.39, 0.29) is 5.60 Å². The van der Waals surface area contributed by atoms with Gasteiger partial charge in [0.05, 0.1) is 5.60 Å². The average molecular weight is 354 g/mol. The van der Waals surface area contributed by atoms with Crippen LogP contribution in [0.3, 0.4) is 0 Å². The number of allylic oxidation sites excluding steroid dienone is 2. The summed E-state index contributed by atoms with van der Waals surface area (Å²) in [6.45, 7) is 6.07. The summed E-state index contributed by atoms with van der Waals surface area (Å²) >= 11 is 0.